The summed E-state index contributed by atoms with van der Waals surface area (Å²) >= 11 is 0. The first-order chi connectivity index (χ1) is 23.6. The van der Waals surface area contributed by atoms with E-state index in [1.165, 1.54) is 0 Å². The van der Waals surface area contributed by atoms with Gasteiger partial charge in [0.05, 0.1) is 18.1 Å². The number of hydrogen-bond acceptors (Lipinski definition) is 7. The maximum atomic E-state index is 14.9. The zero-order valence-corrected chi connectivity index (χ0v) is 28.8. The average molecular weight is 670 g/mol. The lowest BCUT2D eigenvalue weighted by atomic mass is 9.77. The van der Waals surface area contributed by atoms with E-state index in [0.29, 0.717) is 25.7 Å². The highest BCUT2D eigenvalue weighted by molar-refractivity contribution is 6.06. The van der Waals surface area contributed by atoms with Crippen LogP contribution in [-0.2, 0) is 28.7 Å². The summed E-state index contributed by atoms with van der Waals surface area (Å²) in [6, 6.07) is 13.7. The molecule has 4 heterocycles. The summed E-state index contributed by atoms with van der Waals surface area (Å²) < 4.78 is 13.2. The summed E-state index contributed by atoms with van der Waals surface area (Å²) in [5, 5.41) is 9.41. The van der Waals surface area contributed by atoms with E-state index in [2.05, 4.69) is 0 Å². The lowest BCUT2D eigenvalue weighted by molar-refractivity contribution is -0.164. The van der Waals surface area contributed by atoms with E-state index in [0.717, 1.165) is 22.4 Å². The van der Waals surface area contributed by atoms with Gasteiger partial charge in [-0.2, -0.15) is 0 Å². The molecule has 10 heteroatoms. The van der Waals surface area contributed by atoms with Crippen LogP contribution in [0.5, 0.6) is 0 Å². The number of para-hydroxylation sites is 1. The Balaban J connectivity index is 1.44. The summed E-state index contributed by atoms with van der Waals surface area (Å²) in [6.45, 7) is 6.39. The molecule has 2 fully saturated rings. The Morgan fingerprint density at radius 3 is 2.37 bits per heavy atom. The monoisotopic (exact) mass is 669 g/mol. The molecular formula is C39H47N3O7. The van der Waals surface area contributed by atoms with E-state index >= 15 is 0 Å². The quantitative estimate of drug-likeness (QED) is 0.264. The lowest BCUT2D eigenvalue weighted by Gasteiger charge is -2.36. The fourth-order valence-electron chi connectivity index (χ4n) is 8.13. The van der Waals surface area contributed by atoms with Crippen LogP contribution in [0, 0.1) is 25.7 Å². The number of allylic oxidation sites excluding steroid dienone is 1. The summed E-state index contributed by atoms with van der Waals surface area (Å²) in [5.41, 5.74) is 1.98. The van der Waals surface area contributed by atoms with Crippen molar-refractivity contribution in [2.45, 2.75) is 82.8 Å². The van der Waals surface area contributed by atoms with E-state index in [9.17, 15) is 24.3 Å². The highest BCUT2D eigenvalue weighted by Crippen LogP contribution is 2.54. The molecule has 0 saturated carbocycles. The number of nitrogens with zero attached hydrogens (tertiary/aromatic N) is 3. The molecule has 0 radical (unpaired) electrons. The molecule has 6 rings (SSSR count). The zero-order chi connectivity index (χ0) is 34.9. The normalized spacial score (nSPS) is 31.0. The van der Waals surface area contributed by atoms with Crippen molar-refractivity contribution in [3.05, 3.63) is 89.5 Å². The average Bonchev–Trinajstić information content (AvgIpc) is 3.48. The minimum absolute atomic E-state index is 0.0405. The van der Waals surface area contributed by atoms with Gasteiger partial charge in [0.15, 0.2) is 0 Å². The number of aryl methyl sites for hydroxylation is 2. The van der Waals surface area contributed by atoms with Crippen LogP contribution in [0.2, 0.25) is 0 Å². The van der Waals surface area contributed by atoms with Gasteiger partial charge in [-0.15, -0.1) is 0 Å². The van der Waals surface area contributed by atoms with Gasteiger partial charge >= 0.3 is 5.97 Å². The molecule has 3 amide bonds. The Kier molecular flexibility index (Phi) is 10.1. The fraction of sp³-hybridized carbons (Fsp3) is 0.487. The second-order valence-electron chi connectivity index (χ2n) is 13.7. The van der Waals surface area contributed by atoms with E-state index in [1.54, 1.807) is 27.8 Å². The van der Waals surface area contributed by atoms with Crippen LogP contribution in [-0.4, -0.2) is 89.1 Å². The molecule has 0 aliphatic carbocycles. The van der Waals surface area contributed by atoms with Gasteiger partial charge in [-0.3, -0.25) is 19.2 Å². The minimum Gasteiger partial charge on any atom is -0.455 e. The van der Waals surface area contributed by atoms with Crippen LogP contribution < -0.4 is 4.90 Å². The highest BCUT2D eigenvalue weighted by atomic mass is 16.6. The summed E-state index contributed by atoms with van der Waals surface area (Å²) in [7, 11) is 1.71. The number of fused-ring (bicyclic) bond motifs is 2. The summed E-state index contributed by atoms with van der Waals surface area (Å²) in [4.78, 5) is 62.3. The maximum Gasteiger partial charge on any atom is 0.313 e. The smallest absolute Gasteiger partial charge is 0.313 e. The molecule has 4 aliphatic heterocycles. The molecule has 1 spiro atoms. The largest absolute Gasteiger partial charge is 0.455 e. The van der Waals surface area contributed by atoms with Crippen LogP contribution in [0.15, 0.2) is 72.8 Å². The third-order valence-electron chi connectivity index (χ3n) is 10.7. The molecule has 1 N–H and O–H groups in total. The molecule has 4 aliphatic rings. The third kappa shape index (κ3) is 6.21. The fourth-order valence-corrected chi connectivity index (χ4v) is 8.13. The van der Waals surface area contributed by atoms with Gasteiger partial charge in [0.2, 0.25) is 11.8 Å². The number of aliphatic hydroxyl groups is 1. The number of amides is 3. The molecule has 2 aromatic rings. The van der Waals surface area contributed by atoms with Crippen molar-refractivity contribution in [3.8, 4) is 0 Å². The Hall–Kier alpha value is -4.28. The number of unbranched alkanes of at least 4 members (excludes halogenated alkanes) is 2. The van der Waals surface area contributed by atoms with Crippen molar-refractivity contribution < 1.29 is 33.8 Å². The Labute approximate surface area is 288 Å². The van der Waals surface area contributed by atoms with E-state index in [4.69, 9.17) is 9.47 Å². The first-order valence-corrected chi connectivity index (χ1v) is 17.4. The van der Waals surface area contributed by atoms with Crippen LogP contribution in [0.4, 0.5) is 5.69 Å². The second kappa shape index (κ2) is 14.3. The van der Waals surface area contributed by atoms with Gasteiger partial charge in [-0.05, 0) is 63.1 Å². The number of hydrogen-bond donors (Lipinski definition) is 1. The van der Waals surface area contributed by atoms with Crippen molar-refractivity contribution in [2.75, 3.05) is 31.6 Å². The van der Waals surface area contributed by atoms with Crippen molar-refractivity contribution in [1.29, 1.82) is 0 Å². The number of ether oxygens (including phenoxy) is 2. The number of cyclic esters (lactones) is 1. The highest BCUT2D eigenvalue weighted by Gasteiger charge is 2.72. The molecule has 7 atom stereocenters. The molecule has 0 aromatic heterocycles. The van der Waals surface area contributed by atoms with Crippen molar-refractivity contribution >= 4 is 29.4 Å². The number of esters is 1. The van der Waals surface area contributed by atoms with Crippen LogP contribution >= 0.6 is 0 Å². The predicted molar refractivity (Wildman–Crippen MR) is 184 cm³/mol. The number of carbonyl (C=O) groups is 4. The van der Waals surface area contributed by atoms with Gasteiger partial charge in [0, 0.05) is 38.9 Å². The van der Waals surface area contributed by atoms with Gasteiger partial charge in [-0.25, -0.2) is 0 Å². The second-order valence-corrected chi connectivity index (χ2v) is 13.7. The number of carbonyl (C=O) groups excluding carboxylic acids is 4. The summed E-state index contributed by atoms with van der Waals surface area (Å²) in [6.07, 6.45) is 8.17. The van der Waals surface area contributed by atoms with E-state index < -0.39 is 47.7 Å². The van der Waals surface area contributed by atoms with Gasteiger partial charge in [0.1, 0.15) is 23.7 Å². The van der Waals surface area contributed by atoms with Crippen molar-refractivity contribution in [1.82, 2.24) is 9.80 Å². The number of likely N-dealkylation sites (N-methyl/N-ethyl adjacent to an activating group) is 1. The van der Waals surface area contributed by atoms with Gasteiger partial charge in [0.25, 0.3) is 5.91 Å². The van der Waals surface area contributed by atoms with E-state index in [-0.39, 0.29) is 43.8 Å². The number of aliphatic hydroxyl groups excluding tert-OH is 1. The maximum absolute atomic E-state index is 14.9. The Morgan fingerprint density at radius 2 is 1.65 bits per heavy atom. The van der Waals surface area contributed by atoms with Crippen molar-refractivity contribution in [3.63, 3.8) is 0 Å². The topological polar surface area (TPSA) is 117 Å². The zero-order valence-electron chi connectivity index (χ0n) is 28.8. The molecular weight excluding hydrogens is 622 g/mol. The molecule has 0 bridgehead atoms. The lowest BCUT2D eigenvalue weighted by Crippen LogP contribution is -2.55. The van der Waals surface area contributed by atoms with Crippen LogP contribution in [0.3, 0.4) is 0 Å². The summed E-state index contributed by atoms with van der Waals surface area (Å²) in [5.74, 6) is -3.31. The third-order valence-corrected chi connectivity index (χ3v) is 10.7. The molecule has 2 aromatic carbocycles. The molecule has 2 saturated heterocycles. The number of rotatable bonds is 7. The van der Waals surface area contributed by atoms with Crippen LogP contribution in [0.1, 0.15) is 61.8 Å². The van der Waals surface area contributed by atoms with Gasteiger partial charge < -0.3 is 29.3 Å². The first kappa shape index (κ1) is 34.6. The number of anilines is 1. The van der Waals surface area contributed by atoms with Crippen LogP contribution in [0.25, 0.3) is 0 Å². The molecule has 49 heavy (non-hydrogen) atoms. The minimum atomic E-state index is -1.42. The molecule has 0 unspecified atom stereocenters. The SMILES string of the molecule is Cc1cccc(C)c1N1CC=C[C@@]23O[C@H]4/C=C\CCC(=O)N(C)[C@@H](C)[C@H](c5ccccc5)OC(=O)[C@H]4[C@@H]2C(=O)N(CCCCCO)[C@H]3C1=O. The molecule has 260 valence electrons. The standard InChI is InChI=1S/C39H47N3O7/c1-25-15-13-16-26(2)33(25)41-23-14-21-39-32(36(45)42(35(39)37(41)46)22-11-6-12-24-43)31-29(49-39)19-9-10-20-30(44)40(4)27(3)34(48-38(31)47)28-17-7-5-8-18-28/h5,7-9,13-19,21,27,29,31-32,34-35,43H,6,10-12,20,22-24H2,1-4H3/b19-9-/t27-,29-,31+,32+,34+,35-,39+/m0/s1. The molecule has 10 nitrogen and oxygen atoms in total. The predicted octanol–water partition coefficient (Wildman–Crippen LogP) is 4.43. The number of likely N-dealkylation sites (tertiary alicyclic amines) is 1. The van der Waals surface area contributed by atoms with Gasteiger partial charge in [-0.1, -0.05) is 72.8 Å². The van der Waals surface area contributed by atoms with E-state index in [1.807, 2.05) is 87.5 Å². The number of benzene rings is 2. The Morgan fingerprint density at radius 1 is 0.918 bits per heavy atom. The van der Waals surface area contributed by atoms with Crippen molar-refractivity contribution in [2.24, 2.45) is 11.8 Å². The first-order valence-electron chi connectivity index (χ1n) is 17.4. The Bertz CT molecular complexity index is 1620.